The molecule has 5 rings (SSSR count). The molecule has 2 fully saturated rings. The second kappa shape index (κ2) is 8.57. The number of aromatic nitrogens is 2. The zero-order valence-corrected chi connectivity index (χ0v) is 18.1. The van der Waals surface area contributed by atoms with Crippen LogP contribution in [0.2, 0.25) is 0 Å². The first-order valence-corrected chi connectivity index (χ1v) is 11.2. The van der Waals surface area contributed by atoms with Crippen LogP contribution in [-0.2, 0) is 0 Å². The first-order chi connectivity index (χ1) is 15.6. The molecule has 1 aliphatic heterocycles. The molecule has 2 aliphatic rings. The Bertz CT molecular complexity index is 1130. The Morgan fingerprint density at radius 2 is 1.72 bits per heavy atom. The maximum absolute atomic E-state index is 12.8. The number of piperidine rings is 1. The van der Waals surface area contributed by atoms with Gasteiger partial charge in [0.15, 0.2) is 0 Å². The highest BCUT2D eigenvalue weighted by molar-refractivity contribution is 5.96. The third-order valence-electron chi connectivity index (χ3n) is 6.27. The topological polar surface area (TPSA) is 88.3 Å². The van der Waals surface area contributed by atoms with E-state index >= 15 is 0 Å². The van der Waals surface area contributed by atoms with Gasteiger partial charge in [-0.3, -0.25) is 9.59 Å². The molecule has 7 heteroatoms. The molecule has 2 aromatic carbocycles. The van der Waals surface area contributed by atoms with Gasteiger partial charge in [-0.05, 0) is 56.4 Å². The van der Waals surface area contributed by atoms with E-state index < -0.39 is 0 Å². The number of benzene rings is 2. The molecule has 0 bridgehead atoms. The van der Waals surface area contributed by atoms with Crippen LogP contribution in [0.4, 0.5) is 0 Å². The van der Waals surface area contributed by atoms with Crippen molar-refractivity contribution in [2.75, 3.05) is 13.1 Å². The van der Waals surface area contributed by atoms with Gasteiger partial charge in [0, 0.05) is 41.7 Å². The zero-order valence-electron chi connectivity index (χ0n) is 18.1. The summed E-state index contributed by atoms with van der Waals surface area (Å²) in [6, 6.07) is 15.3. The van der Waals surface area contributed by atoms with Crippen LogP contribution in [0.5, 0.6) is 0 Å². The number of likely N-dealkylation sites (tertiary alicyclic amines) is 1. The number of hydrogen-bond donors (Lipinski definition) is 1. The quantitative estimate of drug-likeness (QED) is 0.662. The van der Waals surface area contributed by atoms with Crippen molar-refractivity contribution >= 4 is 11.8 Å². The van der Waals surface area contributed by atoms with E-state index in [0.717, 1.165) is 42.4 Å². The van der Waals surface area contributed by atoms with E-state index in [1.54, 1.807) is 12.1 Å². The van der Waals surface area contributed by atoms with Crippen molar-refractivity contribution in [1.82, 2.24) is 20.4 Å². The second-order valence-corrected chi connectivity index (χ2v) is 8.66. The Balaban J connectivity index is 1.20. The number of amides is 2. The minimum Gasteiger partial charge on any atom is -0.349 e. The van der Waals surface area contributed by atoms with Gasteiger partial charge in [-0.25, -0.2) is 0 Å². The Hall–Kier alpha value is -3.48. The highest BCUT2D eigenvalue weighted by Crippen LogP contribution is 2.29. The third-order valence-corrected chi connectivity index (χ3v) is 6.27. The van der Waals surface area contributed by atoms with Crippen LogP contribution in [0.1, 0.15) is 63.8 Å². The standard InChI is InChI=1S/C25H26N4O3/c1-16-4-2-3-5-21(16)25(31)29-14-12-19(13-15-29)24-27-22(28-32-24)17-6-8-18(9-7-17)23(30)26-20-10-11-20/h2-9,19-20H,10-15H2,1H3,(H,26,30). The second-order valence-electron chi connectivity index (χ2n) is 8.66. The van der Waals surface area contributed by atoms with Crippen LogP contribution >= 0.6 is 0 Å². The van der Waals surface area contributed by atoms with Crippen molar-refractivity contribution in [2.24, 2.45) is 0 Å². The summed E-state index contributed by atoms with van der Waals surface area (Å²) in [4.78, 5) is 31.5. The SMILES string of the molecule is Cc1ccccc1C(=O)N1CCC(c2nc(-c3ccc(C(=O)NC4CC4)cc3)no2)CC1. The molecule has 1 saturated carbocycles. The first kappa shape index (κ1) is 20.4. The predicted octanol–water partition coefficient (Wildman–Crippen LogP) is 3.96. The smallest absolute Gasteiger partial charge is 0.254 e. The molecule has 0 unspecified atom stereocenters. The van der Waals surface area contributed by atoms with E-state index in [4.69, 9.17) is 4.52 Å². The molecule has 1 saturated heterocycles. The average molecular weight is 431 g/mol. The fourth-order valence-electron chi connectivity index (χ4n) is 4.10. The van der Waals surface area contributed by atoms with Gasteiger partial charge >= 0.3 is 0 Å². The van der Waals surface area contributed by atoms with Crippen molar-refractivity contribution in [3.8, 4) is 11.4 Å². The summed E-state index contributed by atoms with van der Waals surface area (Å²) in [5.74, 6) is 1.31. The fraction of sp³-hybridized carbons (Fsp3) is 0.360. The van der Waals surface area contributed by atoms with Gasteiger partial charge in [0.05, 0.1) is 0 Å². The van der Waals surface area contributed by atoms with E-state index in [0.29, 0.717) is 36.4 Å². The van der Waals surface area contributed by atoms with Crippen LogP contribution < -0.4 is 5.32 Å². The van der Waals surface area contributed by atoms with Crippen LogP contribution in [0.15, 0.2) is 53.1 Å². The molecule has 0 atom stereocenters. The van der Waals surface area contributed by atoms with E-state index in [2.05, 4.69) is 15.5 Å². The third kappa shape index (κ3) is 4.28. The van der Waals surface area contributed by atoms with Gasteiger partial charge in [-0.15, -0.1) is 0 Å². The maximum atomic E-state index is 12.8. The number of nitrogens with zero attached hydrogens (tertiary/aromatic N) is 3. The molecule has 0 radical (unpaired) electrons. The summed E-state index contributed by atoms with van der Waals surface area (Å²) in [5.41, 5.74) is 3.21. The highest BCUT2D eigenvalue weighted by Gasteiger charge is 2.29. The Labute approximate surface area is 186 Å². The van der Waals surface area contributed by atoms with Crippen LogP contribution in [0.25, 0.3) is 11.4 Å². The van der Waals surface area contributed by atoms with Crippen molar-refractivity contribution < 1.29 is 14.1 Å². The van der Waals surface area contributed by atoms with Gasteiger partial charge in [0.1, 0.15) is 0 Å². The normalized spacial score (nSPS) is 16.7. The molecule has 3 aromatic rings. The van der Waals surface area contributed by atoms with Gasteiger partial charge in [0.25, 0.3) is 11.8 Å². The number of aryl methyl sites for hydroxylation is 1. The summed E-state index contributed by atoms with van der Waals surface area (Å²) in [5, 5.41) is 7.13. The summed E-state index contributed by atoms with van der Waals surface area (Å²) in [7, 11) is 0. The van der Waals surface area contributed by atoms with Crippen molar-refractivity contribution in [3.63, 3.8) is 0 Å². The lowest BCUT2D eigenvalue weighted by Gasteiger charge is -2.30. The lowest BCUT2D eigenvalue weighted by atomic mass is 9.96. The molecule has 164 valence electrons. The lowest BCUT2D eigenvalue weighted by molar-refractivity contribution is 0.0703. The molecule has 1 aliphatic carbocycles. The molecular weight excluding hydrogens is 404 g/mol. The van der Waals surface area contributed by atoms with E-state index in [9.17, 15) is 9.59 Å². The Morgan fingerprint density at radius 3 is 2.41 bits per heavy atom. The highest BCUT2D eigenvalue weighted by atomic mass is 16.5. The van der Waals surface area contributed by atoms with Crippen LogP contribution in [0, 0.1) is 6.92 Å². The lowest BCUT2D eigenvalue weighted by Crippen LogP contribution is -2.38. The molecule has 1 N–H and O–H groups in total. The number of rotatable bonds is 5. The summed E-state index contributed by atoms with van der Waals surface area (Å²) >= 11 is 0. The van der Waals surface area contributed by atoms with E-state index in [-0.39, 0.29) is 17.7 Å². The summed E-state index contributed by atoms with van der Waals surface area (Å²) < 4.78 is 5.55. The largest absolute Gasteiger partial charge is 0.349 e. The van der Waals surface area contributed by atoms with Crippen molar-refractivity contribution in [1.29, 1.82) is 0 Å². The van der Waals surface area contributed by atoms with Gasteiger partial charge in [-0.1, -0.05) is 35.5 Å². The molecule has 1 aromatic heterocycles. The van der Waals surface area contributed by atoms with Gasteiger partial charge in [-0.2, -0.15) is 4.98 Å². The molecule has 32 heavy (non-hydrogen) atoms. The predicted molar refractivity (Wildman–Crippen MR) is 119 cm³/mol. The van der Waals surface area contributed by atoms with E-state index in [1.165, 1.54) is 0 Å². The minimum absolute atomic E-state index is 0.0418. The number of nitrogens with one attached hydrogen (secondary N) is 1. The van der Waals surface area contributed by atoms with Crippen molar-refractivity contribution in [3.05, 3.63) is 71.1 Å². The molecule has 2 heterocycles. The average Bonchev–Trinajstić information content (AvgIpc) is 3.50. The summed E-state index contributed by atoms with van der Waals surface area (Å²) in [6.45, 7) is 3.30. The number of carbonyl (C=O) groups is 2. The fourth-order valence-corrected chi connectivity index (χ4v) is 4.10. The molecular formula is C25H26N4O3. The Kier molecular flexibility index (Phi) is 5.47. The molecule has 2 amide bonds. The minimum atomic E-state index is -0.0418. The van der Waals surface area contributed by atoms with Crippen molar-refractivity contribution in [2.45, 2.75) is 44.6 Å². The summed E-state index contributed by atoms with van der Waals surface area (Å²) in [6.07, 6.45) is 3.71. The van der Waals surface area contributed by atoms with Gasteiger partial charge in [0.2, 0.25) is 11.7 Å². The zero-order chi connectivity index (χ0) is 22.1. The Morgan fingerprint density at radius 1 is 1.00 bits per heavy atom. The molecule has 0 spiro atoms. The number of hydrogen-bond acceptors (Lipinski definition) is 5. The van der Waals surface area contributed by atoms with Crippen LogP contribution in [0.3, 0.4) is 0 Å². The maximum Gasteiger partial charge on any atom is 0.254 e. The molecule has 7 nitrogen and oxygen atoms in total. The van der Waals surface area contributed by atoms with E-state index in [1.807, 2.05) is 48.2 Å². The first-order valence-electron chi connectivity index (χ1n) is 11.2. The van der Waals surface area contributed by atoms with Gasteiger partial charge < -0.3 is 14.7 Å². The monoisotopic (exact) mass is 430 g/mol. The number of carbonyl (C=O) groups excluding carboxylic acids is 2. The van der Waals surface area contributed by atoms with Crippen LogP contribution in [-0.4, -0.2) is 46.0 Å².